The van der Waals surface area contributed by atoms with Crippen molar-refractivity contribution in [3.05, 3.63) is 0 Å². The molecule has 1 atom stereocenters. The molecule has 0 aliphatic heterocycles. The molecular weight excluding hydrogens is 236 g/mol. The molecule has 0 saturated heterocycles. The monoisotopic (exact) mass is 265 g/mol. The number of carbonyl (C=O) groups excluding carboxylic acids is 2. The number of amides is 2. The third-order valence-corrected chi connectivity index (χ3v) is 1.85. The summed E-state index contributed by atoms with van der Waals surface area (Å²) in [6.45, 7) is -0.137. The van der Waals surface area contributed by atoms with Gasteiger partial charge in [-0.05, 0) is 20.3 Å². The molecule has 6 heteroatoms. The van der Waals surface area contributed by atoms with Crippen molar-refractivity contribution in [2.75, 3.05) is 13.1 Å². The Morgan fingerprint density at radius 2 is 2.00 bits per heavy atom. The smallest absolute Gasteiger partial charge is 0.407 e. The van der Waals surface area contributed by atoms with E-state index < -0.39 is 36.7 Å². The van der Waals surface area contributed by atoms with Crippen LogP contribution < -0.4 is 11.1 Å². The molecule has 0 radical (unpaired) electrons. The summed E-state index contributed by atoms with van der Waals surface area (Å²) in [4.78, 5) is 22.6. The van der Waals surface area contributed by atoms with E-state index in [1.165, 1.54) is 13.8 Å². The molecule has 18 heavy (non-hydrogen) atoms. The predicted molar refractivity (Wildman–Crippen MR) is 68.2 cm³/mol. The fraction of sp³-hybridized carbons (Fsp3) is 0.833. The molecular formula is C12H24N2O4. The topological polar surface area (TPSA) is 90.7 Å². The van der Waals surface area contributed by atoms with Crippen molar-refractivity contribution in [1.82, 2.24) is 5.32 Å². The van der Waals surface area contributed by atoms with Crippen LogP contribution in [0.4, 0.5) is 9.59 Å². The van der Waals surface area contributed by atoms with Gasteiger partial charge < -0.3 is 20.5 Å². The maximum atomic E-state index is 11.7. The van der Waals surface area contributed by atoms with Gasteiger partial charge in [-0.2, -0.15) is 0 Å². The molecule has 0 saturated carbocycles. The van der Waals surface area contributed by atoms with Crippen LogP contribution in [0, 0.1) is 5.41 Å². The summed E-state index contributed by atoms with van der Waals surface area (Å²) in [5.41, 5.74) is 2.81. The van der Waals surface area contributed by atoms with Gasteiger partial charge in [-0.3, -0.25) is 0 Å². The largest absolute Gasteiger partial charge is 0.449 e. The van der Waals surface area contributed by atoms with Crippen LogP contribution in [0.2, 0.25) is 0 Å². The van der Waals surface area contributed by atoms with Crippen LogP contribution >= 0.6 is 0 Å². The second-order valence-corrected chi connectivity index (χ2v) is 4.22. The lowest BCUT2D eigenvalue weighted by molar-refractivity contribution is 0.0333. The van der Waals surface area contributed by atoms with E-state index in [1.807, 2.05) is 0 Å². The van der Waals surface area contributed by atoms with Gasteiger partial charge in [0.05, 0.1) is 6.85 Å². The molecule has 106 valence electrons. The molecule has 1 unspecified atom stereocenters. The number of hydrogen-bond donors (Lipinski definition) is 2. The van der Waals surface area contributed by atoms with Gasteiger partial charge in [0.15, 0.2) is 0 Å². The Balaban J connectivity index is 5.55. The molecule has 0 aliphatic rings. The van der Waals surface area contributed by atoms with E-state index in [-0.39, 0.29) is 6.42 Å². The van der Waals surface area contributed by atoms with Crippen molar-refractivity contribution in [2.45, 2.75) is 46.6 Å². The van der Waals surface area contributed by atoms with Gasteiger partial charge in [0.1, 0.15) is 13.1 Å². The summed E-state index contributed by atoms with van der Waals surface area (Å²) in [6.07, 6.45) is -2.42. The zero-order chi connectivity index (χ0) is 18.7. The van der Waals surface area contributed by atoms with Gasteiger partial charge >= 0.3 is 12.2 Å². The van der Waals surface area contributed by atoms with Crippen LogP contribution in [-0.2, 0) is 9.47 Å². The van der Waals surface area contributed by atoms with E-state index in [0.29, 0.717) is 6.42 Å². The van der Waals surface area contributed by atoms with Crippen LogP contribution in [0.1, 0.15) is 47.4 Å². The van der Waals surface area contributed by atoms with Crippen molar-refractivity contribution in [2.24, 2.45) is 11.1 Å². The number of nitrogens with one attached hydrogen (secondary N) is 1. The van der Waals surface area contributed by atoms with E-state index in [4.69, 9.17) is 17.3 Å². The summed E-state index contributed by atoms with van der Waals surface area (Å²) in [5, 5.41) is 2.09. The molecule has 0 aliphatic carbocycles. The van der Waals surface area contributed by atoms with E-state index in [9.17, 15) is 9.59 Å². The Hall–Kier alpha value is -1.46. The molecule has 0 aromatic carbocycles. The average Bonchev–Trinajstić information content (AvgIpc) is 2.22. The first-order valence-corrected chi connectivity index (χ1v) is 5.57. The van der Waals surface area contributed by atoms with Crippen LogP contribution in [0.25, 0.3) is 0 Å². The summed E-state index contributed by atoms with van der Waals surface area (Å²) < 4.78 is 48.3. The van der Waals surface area contributed by atoms with E-state index >= 15 is 0 Å². The molecule has 0 spiro atoms. The first-order chi connectivity index (χ1) is 10.1. The molecule has 0 rings (SSSR count). The Morgan fingerprint density at radius 3 is 2.44 bits per heavy atom. The lowest BCUT2D eigenvalue weighted by atomic mass is 9.87. The highest BCUT2D eigenvalue weighted by Gasteiger charge is 2.27. The van der Waals surface area contributed by atoms with Crippen molar-refractivity contribution >= 4 is 12.2 Å². The van der Waals surface area contributed by atoms with Crippen molar-refractivity contribution in [1.29, 1.82) is 0 Å². The minimum atomic E-state index is -2.84. The highest BCUT2D eigenvalue weighted by molar-refractivity contribution is 5.67. The maximum absolute atomic E-state index is 11.7. The Kier molecular flexibility index (Phi) is 4.10. The number of ether oxygens (including phenoxy) is 2. The molecule has 0 aromatic rings. The minimum absolute atomic E-state index is 0.0994. The average molecular weight is 265 g/mol. The van der Waals surface area contributed by atoms with E-state index in [0.717, 1.165) is 6.92 Å². The Labute approximate surface area is 115 Å². The Bertz CT molecular complexity index is 453. The molecule has 0 aromatic heterocycles. The van der Waals surface area contributed by atoms with Gasteiger partial charge in [-0.25, -0.2) is 9.59 Å². The second-order valence-electron chi connectivity index (χ2n) is 4.22. The molecule has 6 nitrogen and oxygen atoms in total. The third kappa shape index (κ3) is 7.76. The summed E-state index contributed by atoms with van der Waals surface area (Å²) in [5.74, 6) is 0. The Morgan fingerprint density at radius 1 is 1.44 bits per heavy atom. The number of hydrogen-bond acceptors (Lipinski definition) is 4. The first-order valence-electron chi connectivity index (χ1n) is 8.07. The quantitative estimate of drug-likeness (QED) is 0.736. The highest BCUT2D eigenvalue weighted by Crippen LogP contribution is 2.24. The normalized spacial score (nSPS) is 20.1. The van der Waals surface area contributed by atoms with Gasteiger partial charge in [-0.15, -0.1) is 0 Å². The number of primary amides is 1. The SMILES string of the molecule is [2H]C(C)(C)NC(=O)OC([2H])([2H])C(C)(CCC)C([2H])([2H])OC(N)=O. The first kappa shape index (κ1) is 9.47. The molecule has 3 N–H and O–H groups in total. The van der Waals surface area contributed by atoms with Crippen LogP contribution in [0.3, 0.4) is 0 Å². The molecule has 0 heterocycles. The van der Waals surface area contributed by atoms with Gasteiger partial charge in [0.25, 0.3) is 0 Å². The lowest BCUT2D eigenvalue weighted by Crippen LogP contribution is -2.37. The zero-order valence-electron chi connectivity index (χ0n) is 16.1. The number of alkyl carbamates (subject to hydrolysis) is 1. The van der Waals surface area contributed by atoms with E-state index in [1.54, 1.807) is 6.92 Å². The number of nitrogens with two attached hydrogens (primary N) is 1. The number of carbonyl (C=O) groups is 2. The van der Waals surface area contributed by atoms with Crippen molar-refractivity contribution in [3.8, 4) is 0 Å². The molecule has 2 amide bonds. The van der Waals surface area contributed by atoms with Gasteiger partial charge in [-0.1, -0.05) is 20.3 Å². The van der Waals surface area contributed by atoms with Crippen molar-refractivity contribution in [3.63, 3.8) is 0 Å². The summed E-state index contributed by atoms with van der Waals surface area (Å²) in [7, 11) is 0. The second kappa shape index (κ2) is 7.79. The summed E-state index contributed by atoms with van der Waals surface area (Å²) >= 11 is 0. The molecule has 0 fully saturated rings. The standard InChI is InChI=1S/C12H24N2O4/c1-5-6-12(4,7-17-10(13)15)8-18-11(16)14-9(2)3/h9H,5-8H2,1-4H3,(H2,13,15)(H,14,16)/i7D2,8D2,9D. The summed E-state index contributed by atoms with van der Waals surface area (Å²) in [6, 6.07) is -1.41. The van der Waals surface area contributed by atoms with E-state index in [2.05, 4.69) is 10.1 Å². The fourth-order valence-corrected chi connectivity index (χ4v) is 1.17. The van der Waals surface area contributed by atoms with Crippen LogP contribution in [0.15, 0.2) is 0 Å². The van der Waals surface area contributed by atoms with Crippen LogP contribution in [0.5, 0.6) is 0 Å². The lowest BCUT2D eigenvalue weighted by Gasteiger charge is -2.27. The van der Waals surface area contributed by atoms with Gasteiger partial charge in [0.2, 0.25) is 0 Å². The number of rotatable bonds is 7. The maximum Gasteiger partial charge on any atom is 0.407 e. The zero-order valence-corrected chi connectivity index (χ0v) is 11.1. The molecule has 0 bridgehead atoms. The van der Waals surface area contributed by atoms with Gasteiger partial charge in [0, 0.05) is 11.4 Å². The third-order valence-electron chi connectivity index (χ3n) is 1.85. The van der Waals surface area contributed by atoms with Crippen LogP contribution in [-0.4, -0.2) is 31.3 Å². The highest BCUT2D eigenvalue weighted by atomic mass is 16.6. The fourth-order valence-electron chi connectivity index (χ4n) is 1.17. The van der Waals surface area contributed by atoms with Crippen molar-refractivity contribution < 1.29 is 25.9 Å². The minimum Gasteiger partial charge on any atom is -0.449 e. The predicted octanol–water partition coefficient (Wildman–Crippen LogP) is 2.02.